The third-order valence-electron chi connectivity index (χ3n) is 5.53. The molecule has 1 aromatic carbocycles. The Morgan fingerprint density at radius 2 is 2.00 bits per heavy atom. The van der Waals surface area contributed by atoms with E-state index in [2.05, 4.69) is 35.4 Å². The van der Waals surface area contributed by atoms with Crippen LogP contribution in [0.2, 0.25) is 0 Å². The fraction of sp³-hybridized carbons (Fsp3) is 0.500. The molecule has 0 saturated carbocycles. The lowest BCUT2D eigenvalue weighted by molar-refractivity contribution is 0.0595. The number of fused-ring (bicyclic) bond motifs is 1. The maximum atomic E-state index is 13.2. The van der Waals surface area contributed by atoms with E-state index in [0.29, 0.717) is 19.5 Å². The first-order valence-electron chi connectivity index (χ1n) is 10.4. The van der Waals surface area contributed by atoms with Crippen LogP contribution in [0.3, 0.4) is 0 Å². The van der Waals surface area contributed by atoms with Crippen LogP contribution >= 0.6 is 23.1 Å². The Bertz CT molecular complexity index is 1020. The van der Waals surface area contributed by atoms with E-state index in [0.717, 1.165) is 36.4 Å². The van der Waals surface area contributed by atoms with Crippen LogP contribution in [0.15, 0.2) is 33.4 Å². The SMILES string of the molecule is CCCCN(C)S(=O)(=O)c1sc2c(c1C(=O)OC)CCN(Cc1ccc(SC)cc1)C2. The molecule has 9 heteroatoms. The monoisotopic (exact) mass is 482 g/mol. The summed E-state index contributed by atoms with van der Waals surface area (Å²) in [5.74, 6) is -0.568. The number of esters is 1. The zero-order chi connectivity index (χ0) is 22.6. The van der Waals surface area contributed by atoms with Gasteiger partial charge in [0, 0.05) is 43.0 Å². The number of ether oxygens (including phenoxy) is 1. The van der Waals surface area contributed by atoms with Crippen molar-refractivity contribution < 1.29 is 17.9 Å². The minimum absolute atomic E-state index is 0.120. The number of sulfonamides is 1. The predicted octanol–water partition coefficient (Wildman–Crippen LogP) is 4.24. The second-order valence-electron chi connectivity index (χ2n) is 7.65. The van der Waals surface area contributed by atoms with Crippen molar-refractivity contribution in [1.29, 1.82) is 0 Å². The highest BCUT2D eigenvalue weighted by Crippen LogP contribution is 2.38. The number of thioether (sulfide) groups is 1. The Balaban J connectivity index is 1.88. The number of unbranched alkanes of at least 4 members (excludes halogenated alkanes) is 1. The van der Waals surface area contributed by atoms with Gasteiger partial charge in [0.05, 0.1) is 12.7 Å². The summed E-state index contributed by atoms with van der Waals surface area (Å²) in [6.45, 7) is 4.64. The van der Waals surface area contributed by atoms with Gasteiger partial charge in [-0.3, -0.25) is 4.90 Å². The lowest BCUT2D eigenvalue weighted by Crippen LogP contribution is -2.30. The highest BCUT2D eigenvalue weighted by molar-refractivity contribution is 7.98. The second kappa shape index (κ2) is 10.5. The molecule has 0 N–H and O–H groups in total. The average Bonchev–Trinajstić information content (AvgIpc) is 3.17. The smallest absolute Gasteiger partial charge is 0.340 e. The molecule has 0 saturated heterocycles. The Morgan fingerprint density at radius 1 is 1.29 bits per heavy atom. The molecule has 0 fully saturated rings. The van der Waals surface area contributed by atoms with E-state index in [1.807, 2.05) is 6.92 Å². The summed E-state index contributed by atoms with van der Waals surface area (Å²) >= 11 is 2.94. The molecular weight excluding hydrogens is 452 g/mol. The Labute approximate surface area is 193 Å². The molecule has 170 valence electrons. The van der Waals surface area contributed by atoms with Gasteiger partial charge in [-0.15, -0.1) is 23.1 Å². The third-order valence-corrected chi connectivity index (χ3v) is 9.84. The summed E-state index contributed by atoms with van der Waals surface area (Å²) < 4.78 is 32.9. The lowest BCUT2D eigenvalue weighted by Gasteiger charge is -2.27. The van der Waals surface area contributed by atoms with Gasteiger partial charge < -0.3 is 4.74 Å². The van der Waals surface area contributed by atoms with Crippen molar-refractivity contribution in [1.82, 2.24) is 9.21 Å². The van der Waals surface area contributed by atoms with Gasteiger partial charge in [0.2, 0.25) is 0 Å². The highest BCUT2D eigenvalue weighted by Gasteiger charge is 2.35. The Morgan fingerprint density at radius 3 is 2.61 bits per heavy atom. The summed E-state index contributed by atoms with van der Waals surface area (Å²) in [5, 5.41) is 0. The van der Waals surface area contributed by atoms with Gasteiger partial charge >= 0.3 is 5.97 Å². The van der Waals surface area contributed by atoms with Gasteiger partial charge in [0.1, 0.15) is 4.21 Å². The molecule has 1 aliphatic heterocycles. The molecule has 0 radical (unpaired) electrons. The van der Waals surface area contributed by atoms with Crippen LogP contribution < -0.4 is 0 Å². The maximum Gasteiger partial charge on any atom is 0.340 e. The number of methoxy groups -OCH3 is 1. The van der Waals surface area contributed by atoms with Crippen LogP contribution in [-0.2, 0) is 34.3 Å². The number of carbonyl (C=O) groups excluding carboxylic acids is 1. The van der Waals surface area contributed by atoms with E-state index in [1.54, 1.807) is 18.8 Å². The van der Waals surface area contributed by atoms with E-state index < -0.39 is 16.0 Å². The number of thiophene rings is 1. The van der Waals surface area contributed by atoms with E-state index >= 15 is 0 Å². The van der Waals surface area contributed by atoms with Crippen molar-refractivity contribution in [3.05, 3.63) is 45.8 Å². The highest BCUT2D eigenvalue weighted by atomic mass is 32.2. The van der Waals surface area contributed by atoms with Gasteiger partial charge in [-0.25, -0.2) is 17.5 Å². The summed E-state index contributed by atoms with van der Waals surface area (Å²) in [7, 11) is -0.864. The Hall–Kier alpha value is -1.39. The molecule has 0 unspecified atom stereocenters. The third kappa shape index (κ3) is 5.34. The number of benzene rings is 1. The molecule has 1 aliphatic rings. The summed E-state index contributed by atoms with van der Waals surface area (Å²) in [5.41, 5.74) is 2.28. The molecule has 3 rings (SSSR count). The zero-order valence-corrected chi connectivity index (χ0v) is 21.0. The van der Waals surface area contributed by atoms with Gasteiger partial charge in [-0.05, 0) is 42.4 Å². The van der Waals surface area contributed by atoms with Crippen molar-refractivity contribution >= 4 is 39.1 Å². The first-order valence-corrected chi connectivity index (χ1v) is 13.8. The minimum Gasteiger partial charge on any atom is -0.465 e. The van der Waals surface area contributed by atoms with Crippen molar-refractivity contribution in [2.45, 2.75) is 48.4 Å². The molecule has 0 atom stereocenters. The van der Waals surface area contributed by atoms with Crippen molar-refractivity contribution in [3.63, 3.8) is 0 Å². The van der Waals surface area contributed by atoms with Gasteiger partial charge in [0.15, 0.2) is 0 Å². The number of rotatable bonds is 9. The quantitative estimate of drug-likeness (QED) is 0.394. The first kappa shape index (κ1) is 24.3. The maximum absolute atomic E-state index is 13.2. The van der Waals surface area contributed by atoms with Crippen molar-refractivity contribution in [2.75, 3.05) is 33.5 Å². The van der Waals surface area contributed by atoms with Crippen LogP contribution in [0, 0.1) is 0 Å². The zero-order valence-electron chi connectivity index (χ0n) is 18.5. The van der Waals surface area contributed by atoms with Gasteiger partial charge in [-0.2, -0.15) is 0 Å². The molecular formula is C22H30N2O4S3. The number of hydrogen-bond acceptors (Lipinski definition) is 7. The standard InChI is InChI=1S/C22H30N2O4S3/c1-5-6-12-23(2)31(26,27)22-20(21(25)28-3)18-11-13-24(15-19(18)30-22)14-16-7-9-17(29-4)10-8-16/h7-10H,5-6,11-15H2,1-4H3. The molecule has 6 nitrogen and oxygen atoms in total. The molecule has 1 aromatic heterocycles. The number of nitrogens with zero attached hydrogens (tertiary/aromatic N) is 2. The van der Waals surface area contributed by atoms with Crippen LogP contribution in [0.1, 0.15) is 46.1 Å². The molecule has 0 bridgehead atoms. The molecule has 2 aromatic rings. The van der Waals surface area contributed by atoms with E-state index in [1.165, 1.54) is 33.2 Å². The molecule has 2 heterocycles. The summed E-state index contributed by atoms with van der Waals surface area (Å²) in [4.78, 5) is 17.0. The van der Waals surface area contributed by atoms with Crippen molar-refractivity contribution in [3.8, 4) is 0 Å². The fourth-order valence-corrected chi connectivity index (χ4v) is 7.42. The number of hydrogen-bond donors (Lipinski definition) is 0. The van der Waals surface area contributed by atoms with Crippen molar-refractivity contribution in [2.24, 2.45) is 0 Å². The summed E-state index contributed by atoms with van der Waals surface area (Å²) in [6, 6.07) is 8.50. The summed E-state index contributed by atoms with van der Waals surface area (Å²) in [6.07, 6.45) is 4.37. The van der Waals surface area contributed by atoms with Gasteiger partial charge in [-0.1, -0.05) is 25.5 Å². The van der Waals surface area contributed by atoms with E-state index in [9.17, 15) is 13.2 Å². The van der Waals surface area contributed by atoms with E-state index in [4.69, 9.17) is 4.74 Å². The molecule has 0 aliphatic carbocycles. The topological polar surface area (TPSA) is 66.9 Å². The predicted molar refractivity (Wildman–Crippen MR) is 126 cm³/mol. The first-order chi connectivity index (χ1) is 14.8. The second-order valence-corrected chi connectivity index (χ2v) is 11.9. The van der Waals surface area contributed by atoms with Crippen LogP contribution in [-0.4, -0.2) is 57.1 Å². The molecule has 0 spiro atoms. The fourth-order valence-electron chi connectivity index (χ4n) is 3.69. The van der Waals surface area contributed by atoms with Crippen LogP contribution in [0.5, 0.6) is 0 Å². The molecule has 31 heavy (non-hydrogen) atoms. The average molecular weight is 483 g/mol. The number of carbonyl (C=O) groups is 1. The minimum atomic E-state index is -3.74. The van der Waals surface area contributed by atoms with Crippen LogP contribution in [0.4, 0.5) is 0 Å². The normalized spacial score (nSPS) is 14.6. The molecule has 0 amide bonds. The van der Waals surface area contributed by atoms with E-state index in [-0.39, 0.29) is 9.77 Å². The lowest BCUT2D eigenvalue weighted by atomic mass is 10.0. The largest absolute Gasteiger partial charge is 0.465 e. The van der Waals surface area contributed by atoms with Crippen LogP contribution in [0.25, 0.3) is 0 Å². The van der Waals surface area contributed by atoms with Gasteiger partial charge in [0.25, 0.3) is 10.0 Å². The Kier molecular flexibility index (Phi) is 8.20.